The Kier molecular flexibility index (Phi) is 13.1. The normalized spacial score (nSPS) is 12.2. The summed E-state index contributed by atoms with van der Waals surface area (Å²) in [6.07, 6.45) is 11.2. The van der Waals surface area contributed by atoms with E-state index in [9.17, 15) is 9.59 Å². The summed E-state index contributed by atoms with van der Waals surface area (Å²) in [6.45, 7) is 1.67. The molecule has 0 spiro atoms. The summed E-state index contributed by atoms with van der Waals surface area (Å²) in [4.78, 5) is 21.2. The molecule has 0 saturated carbocycles. The largest absolute Gasteiger partial charge is 0.480 e. The number of aliphatic carboxylic acids is 2. The molecule has 0 fully saturated rings. The second-order valence-corrected chi connectivity index (χ2v) is 5.50. The van der Waals surface area contributed by atoms with Gasteiger partial charge in [0.15, 0.2) is 6.10 Å². The minimum absolute atomic E-state index is 0.388. The van der Waals surface area contributed by atoms with Crippen molar-refractivity contribution in [2.24, 2.45) is 0 Å². The fourth-order valence-corrected chi connectivity index (χ4v) is 2.27. The zero-order valence-corrected chi connectivity index (χ0v) is 13.2. The van der Waals surface area contributed by atoms with Gasteiger partial charge in [0.05, 0.1) is 0 Å². The SMILES string of the molecule is CCCCCCCCCCCCC(OCC(=O)O)C(=O)O. The van der Waals surface area contributed by atoms with Crippen LogP contribution in [-0.2, 0) is 14.3 Å². The Bertz CT molecular complexity index is 278. The van der Waals surface area contributed by atoms with Crippen LogP contribution in [0.5, 0.6) is 0 Å². The van der Waals surface area contributed by atoms with Crippen molar-refractivity contribution >= 4 is 11.9 Å². The highest BCUT2D eigenvalue weighted by atomic mass is 16.5. The van der Waals surface area contributed by atoms with Crippen molar-refractivity contribution in [2.45, 2.75) is 83.7 Å². The van der Waals surface area contributed by atoms with Crippen LogP contribution in [0.1, 0.15) is 77.6 Å². The molecule has 1 unspecified atom stereocenters. The van der Waals surface area contributed by atoms with Gasteiger partial charge in [0, 0.05) is 0 Å². The lowest BCUT2D eigenvalue weighted by Gasteiger charge is -2.11. The van der Waals surface area contributed by atoms with Crippen LogP contribution in [0.3, 0.4) is 0 Å². The average molecular weight is 302 g/mol. The van der Waals surface area contributed by atoms with Crippen LogP contribution >= 0.6 is 0 Å². The van der Waals surface area contributed by atoms with Gasteiger partial charge < -0.3 is 14.9 Å². The van der Waals surface area contributed by atoms with Gasteiger partial charge in [-0.3, -0.25) is 0 Å². The van der Waals surface area contributed by atoms with Crippen molar-refractivity contribution in [2.75, 3.05) is 6.61 Å². The number of carbonyl (C=O) groups is 2. The van der Waals surface area contributed by atoms with E-state index in [0.717, 1.165) is 19.3 Å². The number of ether oxygens (including phenoxy) is 1. The van der Waals surface area contributed by atoms with E-state index in [-0.39, 0.29) is 0 Å². The minimum Gasteiger partial charge on any atom is -0.480 e. The minimum atomic E-state index is -1.13. The summed E-state index contributed by atoms with van der Waals surface area (Å²) in [5.74, 6) is -2.21. The molecule has 1 atom stereocenters. The topological polar surface area (TPSA) is 83.8 Å². The van der Waals surface area contributed by atoms with Crippen LogP contribution < -0.4 is 0 Å². The Labute approximate surface area is 127 Å². The summed E-state index contributed by atoms with van der Waals surface area (Å²) < 4.78 is 4.85. The lowest BCUT2D eigenvalue weighted by atomic mass is 10.0. The molecule has 0 saturated heterocycles. The molecule has 0 aliphatic heterocycles. The van der Waals surface area contributed by atoms with Gasteiger partial charge in [0.25, 0.3) is 0 Å². The third-order valence-electron chi connectivity index (χ3n) is 3.50. The Morgan fingerprint density at radius 3 is 1.76 bits per heavy atom. The molecule has 5 heteroatoms. The molecular weight excluding hydrogens is 272 g/mol. The molecule has 0 aliphatic rings. The van der Waals surface area contributed by atoms with Crippen LogP contribution in [0, 0.1) is 0 Å². The van der Waals surface area contributed by atoms with Crippen molar-refractivity contribution in [1.29, 1.82) is 0 Å². The summed E-state index contributed by atoms with van der Waals surface area (Å²) in [5.41, 5.74) is 0. The summed E-state index contributed by atoms with van der Waals surface area (Å²) in [5, 5.41) is 17.4. The number of unbranched alkanes of at least 4 members (excludes halogenated alkanes) is 9. The molecule has 2 N–H and O–H groups in total. The van der Waals surface area contributed by atoms with E-state index < -0.39 is 24.6 Å². The van der Waals surface area contributed by atoms with Gasteiger partial charge in [-0.05, 0) is 6.42 Å². The summed E-state index contributed by atoms with van der Waals surface area (Å²) in [6, 6.07) is 0. The molecule has 5 nitrogen and oxygen atoms in total. The average Bonchev–Trinajstić information content (AvgIpc) is 2.43. The number of hydrogen-bond acceptors (Lipinski definition) is 3. The van der Waals surface area contributed by atoms with Gasteiger partial charge in [-0.15, -0.1) is 0 Å². The first-order valence-electron chi connectivity index (χ1n) is 8.14. The molecule has 0 aromatic carbocycles. The third-order valence-corrected chi connectivity index (χ3v) is 3.50. The second kappa shape index (κ2) is 13.9. The fourth-order valence-electron chi connectivity index (χ4n) is 2.27. The van der Waals surface area contributed by atoms with E-state index in [1.165, 1.54) is 44.9 Å². The molecule has 0 heterocycles. The van der Waals surface area contributed by atoms with Gasteiger partial charge in [0.2, 0.25) is 0 Å². The van der Waals surface area contributed by atoms with Crippen LogP contribution in [0.2, 0.25) is 0 Å². The van der Waals surface area contributed by atoms with Crippen molar-refractivity contribution in [3.63, 3.8) is 0 Å². The van der Waals surface area contributed by atoms with Crippen LogP contribution in [0.15, 0.2) is 0 Å². The van der Waals surface area contributed by atoms with Gasteiger partial charge in [-0.1, -0.05) is 71.1 Å². The smallest absolute Gasteiger partial charge is 0.332 e. The number of rotatable bonds is 15. The monoisotopic (exact) mass is 302 g/mol. The van der Waals surface area contributed by atoms with Crippen LogP contribution in [0.4, 0.5) is 0 Å². The maximum absolute atomic E-state index is 10.9. The van der Waals surface area contributed by atoms with E-state index in [1.807, 2.05) is 0 Å². The van der Waals surface area contributed by atoms with Gasteiger partial charge in [-0.2, -0.15) is 0 Å². The maximum atomic E-state index is 10.9. The van der Waals surface area contributed by atoms with Crippen molar-refractivity contribution < 1.29 is 24.5 Å². The molecule has 0 bridgehead atoms. The lowest BCUT2D eigenvalue weighted by molar-refractivity contribution is -0.156. The van der Waals surface area contributed by atoms with Gasteiger partial charge in [-0.25, -0.2) is 9.59 Å². The van der Waals surface area contributed by atoms with E-state index in [2.05, 4.69) is 6.92 Å². The quantitative estimate of drug-likeness (QED) is 0.449. The molecule has 0 aromatic rings. The molecule has 0 aromatic heterocycles. The number of carboxylic acid groups (broad SMARTS) is 2. The summed E-state index contributed by atoms with van der Waals surface area (Å²) in [7, 11) is 0. The van der Waals surface area contributed by atoms with E-state index in [0.29, 0.717) is 6.42 Å². The molecule has 0 rings (SSSR count). The van der Waals surface area contributed by atoms with Crippen LogP contribution in [-0.4, -0.2) is 34.9 Å². The predicted molar refractivity (Wildman–Crippen MR) is 81.5 cm³/mol. The highest BCUT2D eigenvalue weighted by Crippen LogP contribution is 2.13. The van der Waals surface area contributed by atoms with E-state index in [1.54, 1.807) is 0 Å². The molecule has 0 amide bonds. The van der Waals surface area contributed by atoms with Crippen LogP contribution in [0.25, 0.3) is 0 Å². The third kappa shape index (κ3) is 13.6. The Hall–Kier alpha value is -1.10. The molecular formula is C16H30O5. The molecule has 21 heavy (non-hydrogen) atoms. The Morgan fingerprint density at radius 2 is 1.33 bits per heavy atom. The zero-order chi connectivity index (χ0) is 15.9. The standard InChI is InChI=1S/C16H30O5/c1-2-3-4-5-6-7-8-9-10-11-12-14(16(19)20)21-13-15(17)18/h14H,2-13H2,1H3,(H,17,18)(H,19,20). The first kappa shape index (κ1) is 19.9. The zero-order valence-electron chi connectivity index (χ0n) is 13.2. The number of carboxylic acids is 2. The molecule has 124 valence electrons. The van der Waals surface area contributed by atoms with E-state index in [4.69, 9.17) is 14.9 Å². The predicted octanol–water partition coefficient (Wildman–Crippen LogP) is 3.85. The van der Waals surface area contributed by atoms with E-state index >= 15 is 0 Å². The fraction of sp³-hybridized carbons (Fsp3) is 0.875. The van der Waals surface area contributed by atoms with Crippen molar-refractivity contribution in [1.82, 2.24) is 0 Å². The Balaban J connectivity index is 3.45. The highest BCUT2D eigenvalue weighted by molar-refractivity contribution is 5.73. The second-order valence-electron chi connectivity index (χ2n) is 5.50. The molecule has 0 radical (unpaired) electrons. The first-order valence-corrected chi connectivity index (χ1v) is 8.14. The highest BCUT2D eigenvalue weighted by Gasteiger charge is 2.18. The molecule has 0 aliphatic carbocycles. The number of hydrogen-bond donors (Lipinski definition) is 2. The van der Waals surface area contributed by atoms with Crippen molar-refractivity contribution in [3.05, 3.63) is 0 Å². The van der Waals surface area contributed by atoms with Gasteiger partial charge >= 0.3 is 11.9 Å². The van der Waals surface area contributed by atoms with Gasteiger partial charge in [0.1, 0.15) is 6.61 Å². The van der Waals surface area contributed by atoms with Crippen molar-refractivity contribution in [3.8, 4) is 0 Å². The lowest BCUT2D eigenvalue weighted by Crippen LogP contribution is -2.26. The Morgan fingerprint density at radius 1 is 0.857 bits per heavy atom. The summed E-state index contributed by atoms with van der Waals surface area (Å²) >= 11 is 0. The maximum Gasteiger partial charge on any atom is 0.332 e. The first-order chi connectivity index (χ1) is 10.1.